The summed E-state index contributed by atoms with van der Waals surface area (Å²) in [5.41, 5.74) is 0.112. The molecule has 0 saturated carbocycles. The average molecular weight is 268 g/mol. The van der Waals surface area contributed by atoms with Gasteiger partial charge in [0.1, 0.15) is 0 Å². The van der Waals surface area contributed by atoms with Gasteiger partial charge in [0.05, 0.1) is 0 Å². The van der Waals surface area contributed by atoms with Crippen molar-refractivity contribution < 1.29 is 0 Å². The second-order valence-corrected chi connectivity index (χ2v) is 5.10. The minimum absolute atomic E-state index is 0.219. The average Bonchev–Trinajstić information content (AvgIpc) is 2.36. The molecule has 1 aromatic rings. The summed E-state index contributed by atoms with van der Waals surface area (Å²) in [4.78, 5) is 25.5. The predicted octanol–water partition coefficient (Wildman–Crippen LogP) is -0.485. The van der Waals surface area contributed by atoms with Gasteiger partial charge >= 0.3 is 5.69 Å². The van der Waals surface area contributed by atoms with Crippen molar-refractivity contribution in [3.63, 3.8) is 0 Å². The van der Waals surface area contributed by atoms with Crippen molar-refractivity contribution >= 4 is 0 Å². The monoisotopic (exact) mass is 268 g/mol. The summed E-state index contributed by atoms with van der Waals surface area (Å²) in [5.74, 6) is 0. The van der Waals surface area contributed by atoms with Crippen LogP contribution in [0.25, 0.3) is 0 Å². The van der Waals surface area contributed by atoms with Crippen LogP contribution in [0.5, 0.6) is 0 Å². The fraction of sp³-hybridized carbons (Fsp3) is 0.692. The molecule has 1 heterocycles. The molecule has 0 aliphatic heterocycles. The first-order valence-electron chi connectivity index (χ1n) is 6.54. The molecular weight excluding hydrogens is 244 g/mol. The van der Waals surface area contributed by atoms with E-state index in [-0.39, 0.29) is 11.2 Å². The lowest BCUT2D eigenvalue weighted by molar-refractivity contribution is 0.391. The molecule has 108 valence electrons. The lowest BCUT2D eigenvalue weighted by Crippen LogP contribution is -2.39. The van der Waals surface area contributed by atoms with E-state index >= 15 is 0 Å². The lowest BCUT2D eigenvalue weighted by atomic mass is 10.3. The number of hydrogen-bond acceptors (Lipinski definition) is 4. The van der Waals surface area contributed by atoms with Crippen molar-refractivity contribution in [1.82, 2.24) is 19.4 Å². The maximum Gasteiger partial charge on any atom is 0.330 e. The van der Waals surface area contributed by atoms with Gasteiger partial charge in [-0.25, -0.2) is 4.79 Å². The quantitative estimate of drug-likeness (QED) is 0.678. The second kappa shape index (κ2) is 7.25. The van der Waals surface area contributed by atoms with E-state index in [2.05, 4.69) is 24.3 Å². The van der Waals surface area contributed by atoms with Crippen LogP contribution in [0.15, 0.2) is 15.8 Å². The minimum atomic E-state index is -0.292. The van der Waals surface area contributed by atoms with Crippen LogP contribution in [-0.4, -0.2) is 41.2 Å². The molecule has 0 spiro atoms. The Labute approximate surface area is 113 Å². The van der Waals surface area contributed by atoms with Crippen molar-refractivity contribution in [1.29, 1.82) is 0 Å². The van der Waals surface area contributed by atoms with Gasteiger partial charge in [0, 0.05) is 32.4 Å². The van der Waals surface area contributed by atoms with E-state index < -0.39 is 0 Å². The summed E-state index contributed by atoms with van der Waals surface area (Å²) in [5, 5.41) is 3.24. The molecule has 19 heavy (non-hydrogen) atoms. The van der Waals surface area contributed by atoms with E-state index in [4.69, 9.17) is 0 Å². The zero-order chi connectivity index (χ0) is 14.4. The van der Waals surface area contributed by atoms with Gasteiger partial charge in [0.15, 0.2) is 0 Å². The standard InChI is InChI=1S/C13H24N4O2/c1-15(2)8-6-5-7-14-9-11-10-16(3)13(19)17(4)12(11)18/h10,14H,5-9H2,1-4H3. The van der Waals surface area contributed by atoms with Crippen LogP contribution in [0.4, 0.5) is 0 Å². The molecule has 0 radical (unpaired) electrons. The fourth-order valence-corrected chi connectivity index (χ4v) is 1.91. The number of aromatic nitrogens is 2. The lowest BCUT2D eigenvalue weighted by Gasteiger charge is -2.10. The SMILES string of the molecule is CN(C)CCCCNCc1cn(C)c(=O)n(C)c1=O. The fourth-order valence-electron chi connectivity index (χ4n) is 1.91. The Hall–Kier alpha value is -1.40. The maximum atomic E-state index is 11.9. The highest BCUT2D eigenvalue weighted by Gasteiger charge is 2.05. The van der Waals surface area contributed by atoms with Gasteiger partial charge in [0.25, 0.3) is 5.56 Å². The molecule has 6 nitrogen and oxygen atoms in total. The number of nitrogens with zero attached hydrogens (tertiary/aromatic N) is 3. The van der Waals surface area contributed by atoms with Crippen molar-refractivity contribution in [3.8, 4) is 0 Å². The Morgan fingerprint density at radius 1 is 1.21 bits per heavy atom. The third-order valence-electron chi connectivity index (χ3n) is 3.04. The van der Waals surface area contributed by atoms with Crippen molar-refractivity contribution in [2.24, 2.45) is 14.1 Å². The molecule has 0 bridgehead atoms. The van der Waals surface area contributed by atoms with Crippen molar-refractivity contribution in [2.75, 3.05) is 27.2 Å². The number of unbranched alkanes of at least 4 members (excludes halogenated alkanes) is 1. The molecule has 1 aromatic heterocycles. The zero-order valence-electron chi connectivity index (χ0n) is 12.3. The summed E-state index contributed by atoms with van der Waals surface area (Å²) in [6.07, 6.45) is 3.81. The predicted molar refractivity (Wildman–Crippen MR) is 76.4 cm³/mol. The van der Waals surface area contributed by atoms with E-state index in [9.17, 15) is 9.59 Å². The van der Waals surface area contributed by atoms with Gasteiger partial charge < -0.3 is 14.8 Å². The van der Waals surface area contributed by atoms with Crippen LogP contribution >= 0.6 is 0 Å². The van der Waals surface area contributed by atoms with Crippen molar-refractivity contribution in [3.05, 3.63) is 32.6 Å². The molecule has 6 heteroatoms. The topological polar surface area (TPSA) is 59.3 Å². The third kappa shape index (κ3) is 4.65. The van der Waals surface area contributed by atoms with E-state index in [1.54, 1.807) is 13.2 Å². The Morgan fingerprint density at radius 2 is 1.89 bits per heavy atom. The third-order valence-corrected chi connectivity index (χ3v) is 3.04. The largest absolute Gasteiger partial charge is 0.330 e. The van der Waals surface area contributed by atoms with Gasteiger partial charge in [0.2, 0.25) is 0 Å². The molecular formula is C13H24N4O2. The summed E-state index contributed by atoms with van der Waals surface area (Å²) >= 11 is 0. The molecule has 0 atom stereocenters. The Bertz CT molecular complexity index is 516. The van der Waals surface area contributed by atoms with E-state index in [1.165, 1.54) is 11.6 Å². The van der Waals surface area contributed by atoms with Gasteiger partial charge in [-0.1, -0.05) is 0 Å². The first kappa shape index (κ1) is 15.7. The highest BCUT2D eigenvalue weighted by molar-refractivity contribution is 5.05. The second-order valence-electron chi connectivity index (χ2n) is 5.10. The molecule has 0 unspecified atom stereocenters. The van der Waals surface area contributed by atoms with Crippen LogP contribution in [0.1, 0.15) is 18.4 Å². The summed E-state index contributed by atoms with van der Waals surface area (Å²) < 4.78 is 2.58. The molecule has 1 rings (SSSR count). The van der Waals surface area contributed by atoms with Crippen LogP contribution in [-0.2, 0) is 20.6 Å². The van der Waals surface area contributed by atoms with Gasteiger partial charge in [-0.05, 0) is 40.0 Å². The maximum absolute atomic E-state index is 11.9. The van der Waals surface area contributed by atoms with E-state index in [0.717, 1.165) is 30.5 Å². The van der Waals surface area contributed by atoms with Gasteiger partial charge in [-0.3, -0.25) is 9.36 Å². The molecule has 0 saturated heterocycles. The Morgan fingerprint density at radius 3 is 2.53 bits per heavy atom. The highest BCUT2D eigenvalue weighted by Crippen LogP contribution is 1.91. The van der Waals surface area contributed by atoms with E-state index in [0.29, 0.717) is 12.1 Å². The normalized spacial score (nSPS) is 11.2. The molecule has 0 fully saturated rings. The van der Waals surface area contributed by atoms with Gasteiger partial charge in [-0.2, -0.15) is 0 Å². The minimum Gasteiger partial charge on any atom is -0.312 e. The number of aryl methyl sites for hydroxylation is 1. The van der Waals surface area contributed by atoms with Crippen LogP contribution < -0.4 is 16.6 Å². The Kier molecular flexibility index (Phi) is 5.98. The van der Waals surface area contributed by atoms with Crippen molar-refractivity contribution in [2.45, 2.75) is 19.4 Å². The van der Waals surface area contributed by atoms with Crippen LogP contribution in [0, 0.1) is 0 Å². The molecule has 0 aliphatic carbocycles. The highest BCUT2D eigenvalue weighted by atomic mass is 16.2. The molecule has 1 N–H and O–H groups in total. The van der Waals surface area contributed by atoms with E-state index in [1.807, 2.05) is 0 Å². The first-order valence-corrected chi connectivity index (χ1v) is 6.54. The molecule has 0 aliphatic rings. The smallest absolute Gasteiger partial charge is 0.312 e. The summed E-state index contributed by atoms with van der Waals surface area (Å²) in [7, 11) is 7.27. The van der Waals surface area contributed by atoms with Crippen LogP contribution in [0.2, 0.25) is 0 Å². The summed E-state index contributed by atoms with van der Waals surface area (Å²) in [6, 6.07) is 0. The first-order chi connectivity index (χ1) is 8.93. The zero-order valence-corrected chi connectivity index (χ0v) is 12.3. The number of rotatable bonds is 7. The van der Waals surface area contributed by atoms with Crippen LogP contribution in [0.3, 0.4) is 0 Å². The number of nitrogens with one attached hydrogen (secondary N) is 1. The molecule has 0 amide bonds. The van der Waals surface area contributed by atoms with Gasteiger partial charge in [-0.15, -0.1) is 0 Å². The Balaban J connectivity index is 2.47. The number of hydrogen-bond donors (Lipinski definition) is 1. The summed E-state index contributed by atoms with van der Waals surface area (Å²) in [6.45, 7) is 2.45. The molecule has 0 aromatic carbocycles.